The van der Waals surface area contributed by atoms with E-state index in [-0.39, 0.29) is 0 Å². The molecule has 4 nitrogen and oxygen atoms in total. The van der Waals surface area contributed by atoms with E-state index in [1.54, 1.807) is 0 Å². The molecule has 2 rings (SSSR count). The standard InChI is InChI=1S/C13H16N4/c1-9-15-10(2)17-13(16-9)7-6-11-4-3-5-12(14)8-11/h3-5,8H,6-7,14H2,1-2H3. The molecule has 0 aliphatic carbocycles. The molecule has 1 aromatic carbocycles. The highest BCUT2D eigenvalue weighted by molar-refractivity contribution is 5.40. The number of anilines is 1. The van der Waals surface area contributed by atoms with Crippen molar-refractivity contribution in [2.45, 2.75) is 26.7 Å². The van der Waals surface area contributed by atoms with Gasteiger partial charge in [-0.25, -0.2) is 15.0 Å². The van der Waals surface area contributed by atoms with Crippen LogP contribution in [-0.4, -0.2) is 15.0 Å². The Morgan fingerprint density at radius 1 is 1.00 bits per heavy atom. The molecule has 88 valence electrons. The first-order valence-corrected chi connectivity index (χ1v) is 5.66. The number of aryl methyl sites for hydroxylation is 4. The summed E-state index contributed by atoms with van der Waals surface area (Å²) in [6.45, 7) is 3.78. The Kier molecular flexibility index (Phi) is 3.32. The summed E-state index contributed by atoms with van der Waals surface area (Å²) >= 11 is 0. The highest BCUT2D eigenvalue weighted by Crippen LogP contribution is 2.09. The van der Waals surface area contributed by atoms with Gasteiger partial charge in [0.2, 0.25) is 0 Å². The van der Waals surface area contributed by atoms with Crippen molar-refractivity contribution in [1.29, 1.82) is 0 Å². The number of nitrogens with two attached hydrogens (primary N) is 1. The second kappa shape index (κ2) is 4.91. The van der Waals surface area contributed by atoms with Crippen molar-refractivity contribution in [2.24, 2.45) is 0 Å². The Labute approximate surface area is 101 Å². The van der Waals surface area contributed by atoms with Gasteiger partial charge in [0, 0.05) is 12.1 Å². The van der Waals surface area contributed by atoms with Gasteiger partial charge in [0.25, 0.3) is 0 Å². The van der Waals surface area contributed by atoms with E-state index in [1.165, 1.54) is 5.56 Å². The molecule has 0 unspecified atom stereocenters. The number of hydrogen-bond donors (Lipinski definition) is 1. The molecular formula is C13H16N4. The van der Waals surface area contributed by atoms with E-state index in [0.717, 1.165) is 36.0 Å². The maximum atomic E-state index is 5.73. The molecule has 0 atom stereocenters. The molecule has 0 bridgehead atoms. The average Bonchev–Trinajstić information content (AvgIpc) is 2.25. The summed E-state index contributed by atoms with van der Waals surface area (Å²) in [6.07, 6.45) is 1.71. The second-order valence-electron chi connectivity index (χ2n) is 4.09. The molecule has 0 aliphatic heterocycles. The van der Waals surface area contributed by atoms with Crippen LogP contribution in [0.25, 0.3) is 0 Å². The van der Waals surface area contributed by atoms with E-state index >= 15 is 0 Å². The summed E-state index contributed by atoms with van der Waals surface area (Å²) in [5.74, 6) is 2.40. The summed E-state index contributed by atoms with van der Waals surface area (Å²) in [4.78, 5) is 12.8. The third-order valence-electron chi connectivity index (χ3n) is 2.49. The molecule has 0 saturated carbocycles. The van der Waals surface area contributed by atoms with Crippen molar-refractivity contribution in [3.05, 3.63) is 47.3 Å². The van der Waals surface area contributed by atoms with Gasteiger partial charge in [-0.2, -0.15) is 0 Å². The predicted molar refractivity (Wildman–Crippen MR) is 67.6 cm³/mol. The summed E-state index contributed by atoms with van der Waals surface area (Å²) < 4.78 is 0. The molecule has 0 aliphatic rings. The molecule has 17 heavy (non-hydrogen) atoms. The molecule has 4 heteroatoms. The van der Waals surface area contributed by atoms with Crippen LogP contribution in [-0.2, 0) is 12.8 Å². The minimum Gasteiger partial charge on any atom is -0.399 e. The van der Waals surface area contributed by atoms with Crippen LogP contribution in [0.2, 0.25) is 0 Å². The quantitative estimate of drug-likeness (QED) is 0.814. The van der Waals surface area contributed by atoms with E-state index in [2.05, 4.69) is 21.0 Å². The van der Waals surface area contributed by atoms with Crippen molar-refractivity contribution < 1.29 is 0 Å². The summed E-state index contributed by atoms with van der Waals surface area (Å²) in [6, 6.07) is 7.91. The molecule has 0 saturated heterocycles. The Bertz CT molecular complexity index is 502. The average molecular weight is 228 g/mol. The maximum Gasteiger partial charge on any atom is 0.132 e. The van der Waals surface area contributed by atoms with E-state index in [9.17, 15) is 0 Å². The molecule has 0 spiro atoms. The minimum absolute atomic E-state index is 0.778. The van der Waals surface area contributed by atoms with Gasteiger partial charge in [0.05, 0.1) is 0 Å². The van der Waals surface area contributed by atoms with Gasteiger partial charge in [-0.1, -0.05) is 12.1 Å². The summed E-state index contributed by atoms with van der Waals surface area (Å²) in [7, 11) is 0. The lowest BCUT2D eigenvalue weighted by molar-refractivity contribution is 0.793. The highest BCUT2D eigenvalue weighted by Gasteiger charge is 2.02. The van der Waals surface area contributed by atoms with Crippen molar-refractivity contribution in [2.75, 3.05) is 5.73 Å². The van der Waals surface area contributed by atoms with Gasteiger partial charge < -0.3 is 5.73 Å². The van der Waals surface area contributed by atoms with Crippen molar-refractivity contribution >= 4 is 5.69 Å². The number of benzene rings is 1. The molecule has 0 fully saturated rings. The first kappa shape index (κ1) is 11.5. The molecule has 2 aromatic rings. The number of hydrogen-bond acceptors (Lipinski definition) is 4. The lowest BCUT2D eigenvalue weighted by Crippen LogP contribution is -2.04. The third-order valence-corrected chi connectivity index (χ3v) is 2.49. The van der Waals surface area contributed by atoms with E-state index in [1.807, 2.05) is 32.0 Å². The second-order valence-corrected chi connectivity index (χ2v) is 4.09. The number of rotatable bonds is 3. The fourth-order valence-corrected chi connectivity index (χ4v) is 1.80. The van der Waals surface area contributed by atoms with Gasteiger partial charge in [0.15, 0.2) is 0 Å². The molecule has 0 amide bonds. The van der Waals surface area contributed by atoms with E-state index in [4.69, 9.17) is 5.73 Å². The SMILES string of the molecule is Cc1nc(C)nc(CCc2cccc(N)c2)n1. The van der Waals surface area contributed by atoms with Crippen LogP contribution in [0, 0.1) is 13.8 Å². The first-order valence-electron chi connectivity index (χ1n) is 5.66. The van der Waals surface area contributed by atoms with Crippen LogP contribution >= 0.6 is 0 Å². The van der Waals surface area contributed by atoms with Crippen molar-refractivity contribution in [3.8, 4) is 0 Å². The van der Waals surface area contributed by atoms with Crippen molar-refractivity contribution in [3.63, 3.8) is 0 Å². The van der Waals surface area contributed by atoms with Crippen molar-refractivity contribution in [1.82, 2.24) is 15.0 Å². The Morgan fingerprint density at radius 2 is 1.71 bits per heavy atom. The molecule has 1 aromatic heterocycles. The van der Waals surface area contributed by atoms with Gasteiger partial charge in [0.1, 0.15) is 17.5 Å². The molecule has 1 heterocycles. The largest absolute Gasteiger partial charge is 0.399 e. The highest BCUT2D eigenvalue weighted by atomic mass is 15.0. The monoisotopic (exact) mass is 228 g/mol. The number of nitrogen functional groups attached to an aromatic ring is 1. The van der Waals surface area contributed by atoms with Crippen LogP contribution in [0.5, 0.6) is 0 Å². The predicted octanol–water partition coefficient (Wildman–Crippen LogP) is 1.86. The Balaban J connectivity index is 2.07. The van der Waals surface area contributed by atoms with Crippen LogP contribution < -0.4 is 5.73 Å². The molecule has 0 radical (unpaired) electrons. The topological polar surface area (TPSA) is 64.7 Å². The van der Waals surface area contributed by atoms with Gasteiger partial charge in [-0.3, -0.25) is 0 Å². The first-order chi connectivity index (χ1) is 8.13. The van der Waals surface area contributed by atoms with Crippen LogP contribution in [0.3, 0.4) is 0 Å². The zero-order chi connectivity index (χ0) is 12.3. The van der Waals surface area contributed by atoms with Gasteiger partial charge >= 0.3 is 0 Å². The van der Waals surface area contributed by atoms with E-state index < -0.39 is 0 Å². The van der Waals surface area contributed by atoms with Crippen LogP contribution in [0.1, 0.15) is 23.0 Å². The maximum absolute atomic E-state index is 5.73. The van der Waals surface area contributed by atoms with Gasteiger partial charge in [-0.15, -0.1) is 0 Å². The lowest BCUT2D eigenvalue weighted by Gasteiger charge is -2.03. The third kappa shape index (κ3) is 3.24. The summed E-state index contributed by atoms with van der Waals surface area (Å²) in [5, 5.41) is 0. The van der Waals surface area contributed by atoms with Gasteiger partial charge in [-0.05, 0) is 38.0 Å². The van der Waals surface area contributed by atoms with E-state index in [0.29, 0.717) is 0 Å². The number of aromatic nitrogens is 3. The Morgan fingerprint density at radius 3 is 2.35 bits per heavy atom. The fraction of sp³-hybridized carbons (Fsp3) is 0.308. The normalized spacial score (nSPS) is 10.5. The number of nitrogens with zero attached hydrogens (tertiary/aromatic N) is 3. The zero-order valence-corrected chi connectivity index (χ0v) is 10.1. The zero-order valence-electron chi connectivity index (χ0n) is 10.1. The fourth-order valence-electron chi connectivity index (χ4n) is 1.80. The molecule has 2 N–H and O–H groups in total. The molecular weight excluding hydrogens is 212 g/mol. The van der Waals surface area contributed by atoms with Crippen LogP contribution in [0.15, 0.2) is 24.3 Å². The smallest absolute Gasteiger partial charge is 0.132 e. The summed E-state index contributed by atoms with van der Waals surface area (Å²) in [5.41, 5.74) is 7.74. The van der Waals surface area contributed by atoms with Crippen LogP contribution in [0.4, 0.5) is 5.69 Å². The Hall–Kier alpha value is -1.97. The lowest BCUT2D eigenvalue weighted by atomic mass is 10.1. The minimum atomic E-state index is 0.778.